The molecule has 20 heavy (non-hydrogen) atoms. The number of benzene rings is 3. The molecule has 0 N–H and O–H groups in total. The molecule has 0 bridgehead atoms. The van der Waals surface area contributed by atoms with Gasteiger partial charge in [0.25, 0.3) is 0 Å². The molecule has 3 rings (SSSR count). The molecule has 0 spiro atoms. The Balaban J connectivity index is 1.84. The molecular weight excluding hydrogens is 260 g/mol. The van der Waals surface area contributed by atoms with Crippen LogP contribution in [0.3, 0.4) is 0 Å². The highest BCUT2D eigenvalue weighted by Gasteiger charge is 2.04. The number of rotatable bonds is 4. The Kier molecular flexibility index (Phi) is 4.19. The van der Waals surface area contributed by atoms with E-state index in [1.165, 1.54) is 21.6 Å². The van der Waals surface area contributed by atoms with Crippen molar-refractivity contribution in [3.05, 3.63) is 90.5 Å². The SMILES string of the molecule is c1ccc(CSc2ccccc2-c2ccccc2)cc1. The average Bonchev–Trinajstić information content (AvgIpc) is 2.55. The van der Waals surface area contributed by atoms with Gasteiger partial charge in [0.1, 0.15) is 0 Å². The summed E-state index contributed by atoms with van der Waals surface area (Å²) in [6.45, 7) is 0. The van der Waals surface area contributed by atoms with Crippen molar-refractivity contribution in [3.8, 4) is 11.1 Å². The first-order valence-electron chi connectivity index (χ1n) is 6.75. The van der Waals surface area contributed by atoms with Gasteiger partial charge in [-0.2, -0.15) is 0 Å². The van der Waals surface area contributed by atoms with Crippen molar-refractivity contribution >= 4 is 11.8 Å². The van der Waals surface area contributed by atoms with Crippen molar-refractivity contribution < 1.29 is 0 Å². The molecule has 0 nitrogen and oxygen atoms in total. The summed E-state index contributed by atoms with van der Waals surface area (Å²) in [6, 6.07) is 29.8. The predicted octanol–water partition coefficient (Wildman–Crippen LogP) is 5.65. The van der Waals surface area contributed by atoms with Gasteiger partial charge in [-0.1, -0.05) is 78.9 Å². The molecule has 0 aliphatic heterocycles. The molecule has 0 atom stereocenters. The lowest BCUT2D eigenvalue weighted by Gasteiger charge is -2.09. The van der Waals surface area contributed by atoms with Gasteiger partial charge in [-0.15, -0.1) is 11.8 Å². The third-order valence-electron chi connectivity index (χ3n) is 3.21. The van der Waals surface area contributed by atoms with E-state index in [2.05, 4.69) is 84.9 Å². The minimum atomic E-state index is 1.00. The van der Waals surface area contributed by atoms with Crippen LogP contribution in [0, 0.1) is 0 Å². The molecule has 0 aromatic heterocycles. The fourth-order valence-corrected chi connectivity index (χ4v) is 3.21. The molecule has 0 unspecified atom stereocenters. The summed E-state index contributed by atoms with van der Waals surface area (Å²) in [5.74, 6) is 1.00. The Hall–Kier alpha value is -1.99. The maximum atomic E-state index is 2.20. The lowest BCUT2D eigenvalue weighted by Crippen LogP contribution is -1.84. The van der Waals surface area contributed by atoms with E-state index in [9.17, 15) is 0 Å². The molecule has 0 aliphatic carbocycles. The summed E-state index contributed by atoms with van der Waals surface area (Å²) in [6.07, 6.45) is 0. The second-order valence-electron chi connectivity index (χ2n) is 4.64. The zero-order valence-corrected chi connectivity index (χ0v) is 12.0. The lowest BCUT2D eigenvalue weighted by molar-refractivity contribution is 1.38. The van der Waals surface area contributed by atoms with Crippen LogP contribution in [0.25, 0.3) is 11.1 Å². The summed E-state index contributed by atoms with van der Waals surface area (Å²) < 4.78 is 0. The highest BCUT2D eigenvalue weighted by atomic mass is 32.2. The van der Waals surface area contributed by atoms with E-state index in [-0.39, 0.29) is 0 Å². The summed E-state index contributed by atoms with van der Waals surface area (Å²) >= 11 is 1.89. The second-order valence-corrected chi connectivity index (χ2v) is 5.65. The smallest absolute Gasteiger partial charge is 0.0232 e. The standard InChI is InChI=1S/C19H16S/c1-3-9-16(10-4-1)15-20-19-14-8-7-13-18(19)17-11-5-2-6-12-17/h1-14H,15H2. The molecule has 3 aromatic rings. The largest absolute Gasteiger partial charge is 0.121 e. The number of thioether (sulfide) groups is 1. The number of hydrogen-bond donors (Lipinski definition) is 0. The lowest BCUT2D eigenvalue weighted by atomic mass is 10.1. The normalized spacial score (nSPS) is 10.4. The van der Waals surface area contributed by atoms with Gasteiger partial charge in [-0.25, -0.2) is 0 Å². The van der Waals surface area contributed by atoms with Crippen LogP contribution < -0.4 is 0 Å². The van der Waals surface area contributed by atoms with E-state index in [1.54, 1.807) is 0 Å². The quantitative estimate of drug-likeness (QED) is 0.555. The number of hydrogen-bond acceptors (Lipinski definition) is 1. The monoisotopic (exact) mass is 276 g/mol. The third-order valence-corrected chi connectivity index (χ3v) is 4.35. The van der Waals surface area contributed by atoms with E-state index in [1.807, 2.05) is 11.8 Å². The zero-order chi connectivity index (χ0) is 13.6. The maximum Gasteiger partial charge on any atom is 0.0232 e. The Bertz CT molecular complexity index is 660. The Morgan fingerprint density at radius 3 is 1.95 bits per heavy atom. The average molecular weight is 276 g/mol. The van der Waals surface area contributed by atoms with E-state index in [0.29, 0.717) is 0 Å². The summed E-state index contributed by atoms with van der Waals surface area (Å²) in [4.78, 5) is 1.34. The third kappa shape index (κ3) is 3.12. The summed E-state index contributed by atoms with van der Waals surface area (Å²) in [5, 5.41) is 0. The van der Waals surface area contributed by atoms with Crippen LogP contribution in [0.1, 0.15) is 5.56 Å². The molecular formula is C19H16S. The second kappa shape index (κ2) is 6.44. The van der Waals surface area contributed by atoms with Crippen LogP contribution in [-0.4, -0.2) is 0 Å². The maximum absolute atomic E-state index is 2.20. The van der Waals surface area contributed by atoms with Crippen molar-refractivity contribution in [2.24, 2.45) is 0 Å². The molecule has 0 radical (unpaired) electrons. The highest BCUT2D eigenvalue weighted by molar-refractivity contribution is 7.98. The van der Waals surface area contributed by atoms with Gasteiger partial charge in [-0.05, 0) is 22.8 Å². The Morgan fingerprint density at radius 1 is 0.600 bits per heavy atom. The summed E-state index contributed by atoms with van der Waals surface area (Å²) in [7, 11) is 0. The molecule has 1 heteroatoms. The van der Waals surface area contributed by atoms with Crippen LogP contribution in [0.15, 0.2) is 89.8 Å². The fourth-order valence-electron chi connectivity index (χ4n) is 2.18. The van der Waals surface area contributed by atoms with Crippen LogP contribution in [0.4, 0.5) is 0 Å². The molecule has 0 aliphatic rings. The first kappa shape index (κ1) is 13.0. The van der Waals surface area contributed by atoms with E-state index < -0.39 is 0 Å². The minimum absolute atomic E-state index is 1.00. The van der Waals surface area contributed by atoms with Gasteiger partial charge in [0.15, 0.2) is 0 Å². The van der Waals surface area contributed by atoms with Crippen molar-refractivity contribution in [2.45, 2.75) is 10.6 Å². The van der Waals surface area contributed by atoms with Gasteiger partial charge in [0.2, 0.25) is 0 Å². The van der Waals surface area contributed by atoms with E-state index in [0.717, 1.165) is 5.75 Å². The van der Waals surface area contributed by atoms with Crippen LogP contribution >= 0.6 is 11.8 Å². The fraction of sp³-hybridized carbons (Fsp3) is 0.0526. The topological polar surface area (TPSA) is 0 Å². The molecule has 0 saturated carbocycles. The molecule has 3 aromatic carbocycles. The predicted molar refractivity (Wildman–Crippen MR) is 87.9 cm³/mol. The first-order valence-corrected chi connectivity index (χ1v) is 7.73. The Labute approximate surface area is 124 Å². The molecule has 0 heterocycles. The molecule has 0 fully saturated rings. The molecule has 0 saturated heterocycles. The van der Waals surface area contributed by atoms with Crippen molar-refractivity contribution in [1.82, 2.24) is 0 Å². The van der Waals surface area contributed by atoms with Crippen molar-refractivity contribution in [3.63, 3.8) is 0 Å². The highest BCUT2D eigenvalue weighted by Crippen LogP contribution is 2.32. The van der Waals surface area contributed by atoms with Gasteiger partial charge < -0.3 is 0 Å². The van der Waals surface area contributed by atoms with Crippen molar-refractivity contribution in [2.75, 3.05) is 0 Å². The zero-order valence-electron chi connectivity index (χ0n) is 11.2. The van der Waals surface area contributed by atoms with Crippen LogP contribution in [0.2, 0.25) is 0 Å². The Morgan fingerprint density at radius 2 is 1.20 bits per heavy atom. The van der Waals surface area contributed by atoms with Crippen LogP contribution in [0.5, 0.6) is 0 Å². The van der Waals surface area contributed by atoms with Gasteiger partial charge >= 0.3 is 0 Å². The minimum Gasteiger partial charge on any atom is -0.121 e. The molecule has 98 valence electrons. The van der Waals surface area contributed by atoms with Gasteiger partial charge in [-0.3, -0.25) is 0 Å². The first-order chi connectivity index (χ1) is 9.93. The molecule has 0 amide bonds. The van der Waals surface area contributed by atoms with Crippen molar-refractivity contribution in [1.29, 1.82) is 0 Å². The summed E-state index contributed by atoms with van der Waals surface area (Å²) in [5.41, 5.74) is 3.96. The van der Waals surface area contributed by atoms with E-state index in [4.69, 9.17) is 0 Å². The van der Waals surface area contributed by atoms with Crippen LogP contribution in [-0.2, 0) is 5.75 Å². The van der Waals surface area contributed by atoms with E-state index >= 15 is 0 Å². The van der Waals surface area contributed by atoms with Gasteiger partial charge in [0.05, 0.1) is 0 Å². The van der Waals surface area contributed by atoms with Gasteiger partial charge in [0, 0.05) is 10.6 Å².